The molecule has 1 aromatic heterocycles. The van der Waals surface area contributed by atoms with E-state index in [0.717, 1.165) is 36.9 Å². The van der Waals surface area contributed by atoms with Gasteiger partial charge >= 0.3 is 117 Å². The molecule has 3 heterocycles. The second kappa shape index (κ2) is 6.18. The van der Waals surface area contributed by atoms with Crippen molar-refractivity contribution in [1.29, 1.82) is 0 Å². The van der Waals surface area contributed by atoms with E-state index in [1.54, 1.807) is 0 Å². The molecule has 3 rings (SSSR count). The Kier molecular flexibility index (Phi) is 4.59. The van der Waals surface area contributed by atoms with E-state index < -0.39 is 0 Å². The van der Waals surface area contributed by atoms with Crippen LogP contribution in [-0.2, 0) is 22.7 Å². The van der Waals surface area contributed by atoms with Crippen molar-refractivity contribution in [3.63, 3.8) is 0 Å². The molecular weight excluding hydrogens is 319 g/mol. The van der Waals surface area contributed by atoms with Gasteiger partial charge in [0.25, 0.3) is 0 Å². The van der Waals surface area contributed by atoms with E-state index in [9.17, 15) is 0 Å². The van der Waals surface area contributed by atoms with Crippen LogP contribution >= 0.6 is 23.5 Å². The number of hydrogen-bond acceptors (Lipinski definition) is 4. The molecule has 2 atom stereocenters. The molecule has 2 unspecified atom stereocenters. The molecule has 0 aliphatic carbocycles. The van der Waals surface area contributed by atoms with E-state index in [1.807, 2.05) is 23.5 Å². The number of hydrogen-bond donors (Lipinski definition) is 0. The topological polar surface area (TPSA) is 18.5 Å². The number of rotatable bonds is 8. The van der Waals surface area contributed by atoms with Crippen LogP contribution in [0.3, 0.4) is 0 Å². The second-order valence-electron chi connectivity index (χ2n) is 4.31. The summed E-state index contributed by atoms with van der Waals surface area (Å²) in [5.74, 6) is 2.57. The van der Waals surface area contributed by atoms with Crippen molar-refractivity contribution in [2.45, 2.75) is 23.7 Å². The molecular formula is C12H16O2S2Se. The summed E-state index contributed by atoms with van der Waals surface area (Å²) in [6.07, 6.45) is 0. The van der Waals surface area contributed by atoms with E-state index in [0.29, 0.717) is 14.5 Å². The third kappa shape index (κ3) is 4.34. The summed E-state index contributed by atoms with van der Waals surface area (Å²) in [5.41, 5.74) is 1.37. The Morgan fingerprint density at radius 3 is 2.41 bits per heavy atom. The summed E-state index contributed by atoms with van der Waals surface area (Å²) < 4.78 is 13.0. The van der Waals surface area contributed by atoms with Crippen LogP contribution in [-0.4, -0.2) is 49.7 Å². The normalized spacial score (nSPS) is 26.1. The van der Waals surface area contributed by atoms with Crippen molar-refractivity contribution >= 4 is 38.0 Å². The molecule has 0 radical (unpaired) electrons. The van der Waals surface area contributed by atoms with Gasteiger partial charge in [0.1, 0.15) is 0 Å². The Morgan fingerprint density at radius 1 is 1.12 bits per heavy atom. The molecule has 0 saturated carbocycles. The van der Waals surface area contributed by atoms with E-state index in [2.05, 4.69) is 11.0 Å². The molecule has 2 fully saturated rings. The van der Waals surface area contributed by atoms with Crippen LogP contribution < -0.4 is 0 Å². The van der Waals surface area contributed by atoms with Gasteiger partial charge in [-0.05, 0) is 0 Å². The monoisotopic (exact) mass is 336 g/mol. The summed E-state index contributed by atoms with van der Waals surface area (Å²) in [5, 5.41) is 1.56. The standard InChI is InChI=1S/C12H16O2S2Se/c1-2-17-12(6-14-5-11-8-16-11)9(1)3-13-4-10-7-15-10/h1-2,10-11H,3-8H2. The fraction of sp³-hybridized carbons (Fsp3) is 0.667. The average molecular weight is 335 g/mol. The molecule has 0 amide bonds. The zero-order valence-electron chi connectivity index (χ0n) is 9.59. The van der Waals surface area contributed by atoms with Gasteiger partial charge in [-0.3, -0.25) is 0 Å². The van der Waals surface area contributed by atoms with Crippen LogP contribution in [0.25, 0.3) is 0 Å². The van der Waals surface area contributed by atoms with Crippen molar-refractivity contribution in [2.75, 3.05) is 24.7 Å². The van der Waals surface area contributed by atoms with E-state index in [-0.39, 0.29) is 0 Å². The van der Waals surface area contributed by atoms with Gasteiger partial charge in [0.05, 0.1) is 0 Å². The van der Waals surface area contributed by atoms with Crippen LogP contribution in [0.4, 0.5) is 0 Å². The molecule has 0 aromatic carbocycles. The SMILES string of the molecule is c1cc(COCC2CS2)c(COCC2CS2)[se]1. The van der Waals surface area contributed by atoms with Gasteiger partial charge in [-0.15, -0.1) is 0 Å². The fourth-order valence-electron chi connectivity index (χ4n) is 1.53. The van der Waals surface area contributed by atoms with Crippen molar-refractivity contribution in [3.05, 3.63) is 21.0 Å². The molecule has 94 valence electrons. The van der Waals surface area contributed by atoms with Crippen LogP contribution in [0, 0.1) is 0 Å². The Balaban J connectivity index is 1.40. The van der Waals surface area contributed by atoms with Gasteiger partial charge in [-0.1, -0.05) is 0 Å². The van der Waals surface area contributed by atoms with E-state index >= 15 is 0 Å². The third-order valence-corrected chi connectivity index (χ3v) is 6.59. The van der Waals surface area contributed by atoms with E-state index in [4.69, 9.17) is 9.47 Å². The van der Waals surface area contributed by atoms with Crippen LogP contribution in [0.5, 0.6) is 0 Å². The Labute approximate surface area is 117 Å². The van der Waals surface area contributed by atoms with Crippen molar-refractivity contribution < 1.29 is 9.47 Å². The first-order valence-electron chi connectivity index (χ1n) is 5.86. The Morgan fingerprint density at radius 2 is 1.76 bits per heavy atom. The summed E-state index contributed by atoms with van der Waals surface area (Å²) in [6.45, 7) is 3.45. The maximum absolute atomic E-state index is 5.75. The quantitative estimate of drug-likeness (QED) is 0.534. The average Bonchev–Trinajstić information content (AvgIpc) is 3.22. The molecule has 2 aliphatic heterocycles. The first kappa shape index (κ1) is 12.6. The minimum absolute atomic E-state index is 0.504. The van der Waals surface area contributed by atoms with Gasteiger partial charge in [0.2, 0.25) is 0 Å². The van der Waals surface area contributed by atoms with Gasteiger partial charge in [-0.2, -0.15) is 0 Å². The van der Waals surface area contributed by atoms with Crippen LogP contribution in [0.15, 0.2) is 11.0 Å². The van der Waals surface area contributed by atoms with Gasteiger partial charge in [-0.25, -0.2) is 0 Å². The Hall–Kier alpha value is 0.619. The predicted molar refractivity (Wildman–Crippen MR) is 75.2 cm³/mol. The Bertz CT molecular complexity index is 329. The molecule has 0 bridgehead atoms. The van der Waals surface area contributed by atoms with E-state index in [1.165, 1.54) is 21.5 Å². The molecule has 2 saturated heterocycles. The molecule has 1 aromatic rings. The molecule has 17 heavy (non-hydrogen) atoms. The first-order chi connectivity index (χ1) is 8.42. The zero-order valence-corrected chi connectivity index (χ0v) is 12.9. The molecule has 2 nitrogen and oxygen atoms in total. The van der Waals surface area contributed by atoms with Gasteiger partial charge in [0, 0.05) is 0 Å². The van der Waals surface area contributed by atoms with Crippen LogP contribution in [0.1, 0.15) is 10.0 Å². The predicted octanol–water partition coefficient (Wildman–Crippen LogP) is 2.01. The van der Waals surface area contributed by atoms with Crippen molar-refractivity contribution in [1.82, 2.24) is 0 Å². The maximum atomic E-state index is 5.75. The first-order valence-corrected chi connectivity index (χ1v) is 9.80. The number of thioether (sulfide) groups is 2. The summed E-state index contributed by atoms with van der Waals surface area (Å²) >= 11 is 4.49. The van der Waals surface area contributed by atoms with Gasteiger partial charge in [0.15, 0.2) is 0 Å². The fourth-order valence-corrected chi connectivity index (χ4v) is 4.12. The van der Waals surface area contributed by atoms with Gasteiger partial charge < -0.3 is 0 Å². The number of ether oxygens (including phenoxy) is 2. The molecule has 5 heteroatoms. The molecule has 0 spiro atoms. The summed E-state index contributed by atoms with van der Waals surface area (Å²) in [4.78, 5) is 2.28. The van der Waals surface area contributed by atoms with Crippen molar-refractivity contribution in [2.24, 2.45) is 0 Å². The molecule has 0 N–H and O–H groups in total. The van der Waals surface area contributed by atoms with Crippen molar-refractivity contribution in [3.8, 4) is 0 Å². The summed E-state index contributed by atoms with van der Waals surface area (Å²) in [7, 11) is 0. The molecule has 2 aliphatic rings. The second-order valence-corrected chi connectivity index (χ2v) is 9.08. The minimum atomic E-state index is 0.504. The van der Waals surface area contributed by atoms with Crippen LogP contribution in [0.2, 0.25) is 0 Å². The third-order valence-electron chi connectivity index (χ3n) is 2.74. The summed E-state index contributed by atoms with van der Waals surface area (Å²) in [6, 6.07) is 2.23. The zero-order chi connectivity index (χ0) is 11.5.